The molecule has 0 saturated carbocycles. The van der Waals surface area contributed by atoms with E-state index in [2.05, 4.69) is 31.9 Å². The molecule has 26 heavy (non-hydrogen) atoms. The highest BCUT2D eigenvalue weighted by Crippen LogP contribution is 2.45. The van der Waals surface area contributed by atoms with Crippen molar-refractivity contribution in [3.05, 3.63) is 33.2 Å². The van der Waals surface area contributed by atoms with Crippen LogP contribution in [0.15, 0.2) is 43.0 Å². The Bertz CT molecular complexity index is 991. The van der Waals surface area contributed by atoms with Gasteiger partial charge >= 0.3 is 0 Å². The second-order valence-electron chi connectivity index (χ2n) is 4.86. The Labute approximate surface area is 166 Å². The first-order valence-corrected chi connectivity index (χ1v) is 11.1. The number of methoxy groups -OCH3 is 2. The fourth-order valence-corrected chi connectivity index (χ4v) is 5.41. The fraction of sp³-hybridized carbons (Fsp3) is 0.143. The van der Waals surface area contributed by atoms with Crippen LogP contribution in [-0.2, 0) is 20.2 Å². The normalized spacial score (nSPS) is 12.1. The lowest BCUT2D eigenvalue weighted by atomic mass is 10.0. The zero-order valence-electron chi connectivity index (χ0n) is 13.2. The summed E-state index contributed by atoms with van der Waals surface area (Å²) in [5.41, 5.74) is -0.406. The highest BCUT2D eigenvalue weighted by molar-refractivity contribution is 9.10. The molecule has 2 rings (SSSR count). The smallest absolute Gasteiger partial charge is 0.298 e. The molecule has 0 amide bonds. The van der Waals surface area contributed by atoms with Gasteiger partial charge in [0.25, 0.3) is 20.2 Å². The van der Waals surface area contributed by atoms with Gasteiger partial charge < -0.3 is 9.47 Å². The SMILES string of the molecule is COc1c(Br)ccc(-c2ccc(Br)c(OC)c2S(=O)(=O)O)c1S(=O)(=O)O. The molecule has 0 aliphatic carbocycles. The molecule has 0 atom stereocenters. The molecule has 142 valence electrons. The molecule has 2 aromatic carbocycles. The molecule has 2 N–H and O–H groups in total. The van der Waals surface area contributed by atoms with Gasteiger partial charge in [-0.25, -0.2) is 0 Å². The zero-order chi connectivity index (χ0) is 19.9. The molecule has 0 aliphatic heterocycles. The Hall–Kier alpha value is -1.18. The number of hydrogen-bond donors (Lipinski definition) is 2. The standard InChI is InChI=1S/C14H12Br2O8S2/c1-23-11-9(15)5-3-7(13(11)25(17,18)19)8-4-6-10(16)12(24-2)14(8)26(20,21)22/h3-6H,1-2H3,(H,17,18,19)(H,20,21,22). The molecule has 0 aromatic heterocycles. The van der Waals surface area contributed by atoms with Crippen molar-refractivity contribution in [3.8, 4) is 22.6 Å². The van der Waals surface area contributed by atoms with E-state index in [1.807, 2.05) is 0 Å². The van der Waals surface area contributed by atoms with Crippen LogP contribution in [0.4, 0.5) is 0 Å². The second-order valence-corrected chi connectivity index (χ2v) is 9.29. The summed E-state index contributed by atoms with van der Waals surface area (Å²) in [6.07, 6.45) is 0. The number of hydrogen-bond acceptors (Lipinski definition) is 6. The first-order valence-electron chi connectivity index (χ1n) is 6.61. The van der Waals surface area contributed by atoms with Gasteiger partial charge in [-0.05, 0) is 44.0 Å². The number of halogens is 2. The van der Waals surface area contributed by atoms with E-state index < -0.39 is 30.0 Å². The van der Waals surface area contributed by atoms with Crippen molar-refractivity contribution >= 4 is 52.1 Å². The maximum absolute atomic E-state index is 11.9. The third kappa shape index (κ3) is 3.89. The molecule has 0 fully saturated rings. The largest absolute Gasteiger partial charge is 0.494 e. The monoisotopic (exact) mass is 530 g/mol. The summed E-state index contributed by atoms with van der Waals surface area (Å²) < 4.78 is 77.6. The van der Waals surface area contributed by atoms with Crippen molar-refractivity contribution in [1.29, 1.82) is 0 Å². The summed E-state index contributed by atoms with van der Waals surface area (Å²) in [4.78, 5) is -1.33. The minimum atomic E-state index is -4.82. The lowest BCUT2D eigenvalue weighted by Gasteiger charge is -2.17. The molecule has 2 aromatic rings. The van der Waals surface area contributed by atoms with E-state index in [0.717, 1.165) is 0 Å². The molecule has 0 radical (unpaired) electrons. The molecule has 0 unspecified atom stereocenters. The van der Waals surface area contributed by atoms with Crippen molar-refractivity contribution in [2.75, 3.05) is 14.2 Å². The molecule has 12 heteroatoms. The lowest BCUT2D eigenvalue weighted by molar-refractivity contribution is 0.393. The van der Waals surface area contributed by atoms with Gasteiger partial charge in [-0.1, -0.05) is 12.1 Å². The Kier molecular flexibility index (Phi) is 6.05. The minimum absolute atomic E-state index is 0.203. The van der Waals surface area contributed by atoms with Crippen LogP contribution in [0.5, 0.6) is 11.5 Å². The van der Waals surface area contributed by atoms with Crippen LogP contribution in [0.3, 0.4) is 0 Å². The first kappa shape index (κ1) is 21.1. The Morgan fingerprint density at radius 3 is 1.27 bits per heavy atom. The summed E-state index contributed by atoms with van der Waals surface area (Å²) in [6.45, 7) is 0. The predicted octanol–water partition coefficient (Wildman–Crippen LogP) is 3.39. The van der Waals surface area contributed by atoms with Gasteiger partial charge in [0, 0.05) is 11.1 Å². The fourth-order valence-electron chi connectivity index (χ4n) is 2.39. The van der Waals surface area contributed by atoms with E-state index in [4.69, 9.17) is 9.47 Å². The molecular formula is C14H12Br2O8S2. The van der Waals surface area contributed by atoms with Gasteiger partial charge in [0.15, 0.2) is 11.5 Å². The van der Waals surface area contributed by atoms with Crippen molar-refractivity contribution in [1.82, 2.24) is 0 Å². The number of benzene rings is 2. The van der Waals surface area contributed by atoms with E-state index in [0.29, 0.717) is 0 Å². The maximum atomic E-state index is 11.9. The van der Waals surface area contributed by atoms with Crippen molar-refractivity contribution in [2.45, 2.75) is 9.79 Å². The Morgan fingerprint density at radius 1 is 0.731 bits per heavy atom. The summed E-state index contributed by atoms with van der Waals surface area (Å²) in [7, 11) is -7.28. The quantitative estimate of drug-likeness (QED) is 0.562. The average Bonchev–Trinajstić information content (AvgIpc) is 2.52. The van der Waals surface area contributed by atoms with Crippen LogP contribution < -0.4 is 9.47 Å². The Balaban J connectivity index is 3.09. The summed E-state index contributed by atoms with van der Waals surface area (Å²) in [5.74, 6) is -0.457. The minimum Gasteiger partial charge on any atom is -0.494 e. The van der Waals surface area contributed by atoms with Gasteiger partial charge in [-0.2, -0.15) is 16.8 Å². The summed E-state index contributed by atoms with van der Waals surface area (Å²) >= 11 is 6.21. The molecular weight excluding hydrogens is 520 g/mol. The van der Waals surface area contributed by atoms with E-state index in [9.17, 15) is 25.9 Å². The van der Waals surface area contributed by atoms with Crippen LogP contribution in [0.25, 0.3) is 11.1 Å². The van der Waals surface area contributed by atoms with Crippen molar-refractivity contribution < 1.29 is 35.4 Å². The average molecular weight is 532 g/mol. The highest BCUT2D eigenvalue weighted by Gasteiger charge is 2.30. The molecule has 0 aliphatic rings. The summed E-state index contributed by atoms with van der Waals surface area (Å²) in [5, 5.41) is 0. The van der Waals surface area contributed by atoms with E-state index in [-0.39, 0.29) is 31.6 Å². The van der Waals surface area contributed by atoms with Gasteiger partial charge in [-0.3, -0.25) is 9.11 Å². The Morgan fingerprint density at radius 2 is 1.04 bits per heavy atom. The number of rotatable bonds is 5. The third-order valence-corrected chi connectivity index (χ3v) is 6.43. The molecule has 0 heterocycles. The van der Waals surface area contributed by atoms with Gasteiger partial charge in [0.2, 0.25) is 0 Å². The van der Waals surface area contributed by atoms with Gasteiger partial charge in [0.05, 0.1) is 23.2 Å². The summed E-state index contributed by atoms with van der Waals surface area (Å²) in [6, 6.07) is 5.33. The van der Waals surface area contributed by atoms with Crippen LogP contribution in [0.2, 0.25) is 0 Å². The van der Waals surface area contributed by atoms with Crippen LogP contribution in [0.1, 0.15) is 0 Å². The van der Waals surface area contributed by atoms with Crippen LogP contribution >= 0.6 is 31.9 Å². The molecule has 0 spiro atoms. The maximum Gasteiger partial charge on any atom is 0.298 e. The van der Waals surface area contributed by atoms with Crippen LogP contribution in [-0.4, -0.2) is 40.2 Å². The van der Waals surface area contributed by atoms with Gasteiger partial charge in [-0.15, -0.1) is 0 Å². The highest BCUT2D eigenvalue weighted by atomic mass is 79.9. The molecule has 8 nitrogen and oxygen atoms in total. The van der Waals surface area contributed by atoms with Gasteiger partial charge in [0.1, 0.15) is 9.79 Å². The molecule has 0 saturated heterocycles. The first-order chi connectivity index (χ1) is 11.9. The predicted molar refractivity (Wildman–Crippen MR) is 100 cm³/mol. The van der Waals surface area contributed by atoms with Crippen LogP contribution in [0, 0.1) is 0 Å². The topological polar surface area (TPSA) is 127 Å². The number of ether oxygens (including phenoxy) is 2. The van der Waals surface area contributed by atoms with E-state index in [1.54, 1.807) is 0 Å². The van der Waals surface area contributed by atoms with Crippen molar-refractivity contribution in [2.24, 2.45) is 0 Å². The second kappa shape index (κ2) is 7.44. The van der Waals surface area contributed by atoms with Crippen molar-refractivity contribution in [3.63, 3.8) is 0 Å². The lowest BCUT2D eigenvalue weighted by Crippen LogP contribution is -2.08. The zero-order valence-corrected chi connectivity index (χ0v) is 18.0. The van der Waals surface area contributed by atoms with E-state index in [1.165, 1.54) is 38.5 Å². The third-order valence-electron chi connectivity index (χ3n) is 3.34. The molecule has 0 bridgehead atoms. The van der Waals surface area contributed by atoms with E-state index >= 15 is 0 Å².